The molecule has 128 valence electrons. The largest absolute Gasteiger partial charge is 0.329 e. The zero-order valence-electron chi connectivity index (χ0n) is 13.2. The van der Waals surface area contributed by atoms with Crippen molar-refractivity contribution in [3.8, 4) is 0 Å². The first-order valence-electron chi connectivity index (χ1n) is 7.48. The molecular formula is C15H18N4O3S2. The molecule has 0 radical (unpaired) electrons. The minimum atomic E-state index is -3.56. The van der Waals surface area contributed by atoms with Crippen LogP contribution < -0.4 is 10.0 Å². The van der Waals surface area contributed by atoms with Gasteiger partial charge in [-0.15, -0.1) is 0 Å². The molecule has 0 unspecified atom stereocenters. The summed E-state index contributed by atoms with van der Waals surface area (Å²) < 4.78 is 29.2. The number of thioether (sulfide) groups is 1. The molecule has 2 N–H and O–H groups in total. The van der Waals surface area contributed by atoms with Gasteiger partial charge in [0.25, 0.3) is 0 Å². The Hall–Kier alpha value is -1.84. The summed E-state index contributed by atoms with van der Waals surface area (Å²) in [6.45, 7) is 0.313. The minimum Gasteiger partial charge on any atom is -0.329 e. The predicted molar refractivity (Wildman–Crippen MR) is 92.5 cm³/mol. The highest BCUT2D eigenvalue weighted by Crippen LogP contribution is 2.25. The summed E-state index contributed by atoms with van der Waals surface area (Å²) in [6.07, 6.45) is 4.49. The van der Waals surface area contributed by atoms with Gasteiger partial charge in [0.2, 0.25) is 15.9 Å². The van der Waals surface area contributed by atoms with Crippen LogP contribution in [0.4, 0.5) is 5.69 Å². The fourth-order valence-corrected chi connectivity index (χ4v) is 4.42. The van der Waals surface area contributed by atoms with Gasteiger partial charge in [-0.2, -0.15) is 0 Å². The number of nitrogens with zero attached hydrogens (tertiary/aromatic N) is 2. The standard InChI is InChI=1S/C15H18N4O3S2/c1-19-8-6-16-15(19)23-9-7-17-24(21,22)12-3-4-13-11(10-12)2-5-14(20)18-13/h3-4,6,8,10,17H,2,5,7,9H2,1H3,(H,18,20). The number of benzene rings is 1. The van der Waals surface area contributed by atoms with Crippen LogP contribution in [-0.4, -0.2) is 36.2 Å². The molecule has 0 atom stereocenters. The number of hydrogen-bond acceptors (Lipinski definition) is 5. The number of rotatable bonds is 6. The summed E-state index contributed by atoms with van der Waals surface area (Å²) >= 11 is 1.49. The number of amides is 1. The van der Waals surface area contributed by atoms with E-state index in [1.165, 1.54) is 17.8 Å². The van der Waals surface area contributed by atoms with Crippen LogP contribution in [0.5, 0.6) is 0 Å². The van der Waals surface area contributed by atoms with Crippen LogP contribution in [0.3, 0.4) is 0 Å². The Balaban J connectivity index is 1.61. The molecular weight excluding hydrogens is 348 g/mol. The fourth-order valence-electron chi connectivity index (χ4n) is 2.42. The van der Waals surface area contributed by atoms with E-state index < -0.39 is 10.0 Å². The van der Waals surface area contributed by atoms with Crippen molar-refractivity contribution in [3.05, 3.63) is 36.2 Å². The Morgan fingerprint density at radius 1 is 1.38 bits per heavy atom. The van der Waals surface area contributed by atoms with Gasteiger partial charge in [0.15, 0.2) is 5.16 Å². The molecule has 0 saturated carbocycles. The van der Waals surface area contributed by atoms with Crippen molar-refractivity contribution in [3.63, 3.8) is 0 Å². The Bertz CT molecular complexity index is 861. The van der Waals surface area contributed by atoms with E-state index >= 15 is 0 Å². The number of aryl methyl sites for hydroxylation is 2. The van der Waals surface area contributed by atoms with E-state index in [9.17, 15) is 13.2 Å². The average molecular weight is 366 g/mol. The van der Waals surface area contributed by atoms with Crippen LogP contribution in [-0.2, 0) is 28.3 Å². The van der Waals surface area contributed by atoms with E-state index in [1.54, 1.807) is 18.3 Å². The van der Waals surface area contributed by atoms with Gasteiger partial charge in [-0.25, -0.2) is 18.1 Å². The highest BCUT2D eigenvalue weighted by molar-refractivity contribution is 7.99. The molecule has 0 fully saturated rings. The van der Waals surface area contributed by atoms with Crippen LogP contribution in [0, 0.1) is 0 Å². The van der Waals surface area contributed by atoms with Crippen molar-refractivity contribution in [2.75, 3.05) is 17.6 Å². The second-order valence-electron chi connectivity index (χ2n) is 5.43. The molecule has 1 aliphatic rings. The normalized spacial score (nSPS) is 14.3. The van der Waals surface area contributed by atoms with Crippen molar-refractivity contribution in [1.29, 1.82) is 0 Å². The molecule has 0 saturated heterocycles. The van der Waals surface area contributed by atoms with E-state index in [-0.39, 0.29) is 10.8 Å². The molecule has 0 aliphatic carbocycles. The molecule has 0 bridgehead atoms. The Kier molecular flexibility index (Phi) is 4.93. The maximum atomic E-state index is 12.4. The van der Waals surface area contributed by atoms with Crippen molar-refractivity contribution >= 4 is 33.4 Å². The average Bonchev–Trinajstić information content (AvgIpc) is 2.96. The number of fused-ring (bicyclic) bond motifs is 1. The summed E-state index contributed by atoms with van der Waals surface area (Å²) in [4.78, 5) is 15.8. The Labute approximate surface area is 144 Å². The predicted octanol–water partition coefficient (Wildman–Crippen LogP) is 1.38. The van der Waals surface area contributed by atoms with E-state index in [1.807, 2.05) is 17.8 Å². The molecule has 2 heterocycles. The number of aromatic nitrogens is 2. The third kappa shape index (κ3) is 3.80. The van der Waals surface area contributed by atoms with Gasteiger partial charge in [0, 0.05) is 43.8 Å². The van der Waals surface area contributed by atoms with Gasteiger partial charge in [-0.1, -0.05) is 11.8 Å². The van der Waals surface area contributed by atoms with Gasteiger partial charge in [0.1, 0.15) is 0 Å². The third-order valence-electron chi connectivity index (χ3n) is 3.68. The highest BCUT2D eigenvalue weighted by atomic mass is 32.2. The number of imidazole rings is 1. The van der Waals surface area contributed by atoms with Crippen molar-refractivity contribution in [1.82, 2.24) is 14.3 Å². The van der Waals surface area contributed by atoms with Crippen molar-refractivity contribution < 1.29 is 13.2 Å². The van der Waals surface area contributed by atoms with E-state index in [0.29, 0.717) is 30.8 Å². The number of sulfonamides is 1. The zero-order valence-corrected chi connectivity index (χ0v) is 14.8. The molecule has 1 amide bonds. The maximum absolute atomic E-state index is 12.4. The lowest BCUT2D eigenvalue weighted by Crippen LogP contribution is -2.27. The molecule has 1 aliphatic heterocycles. The van der Waals surface area contributed by atoms with Crippen molar-refractivity contribution in [2.45, 2.75) is 22.9 Å². The number of anilines is 1. The SMILES string of the molecule is Cn1ccnc1SCCNS(=O)(=O)c1ccc2c(c1)CCC(=O)N2. The first-order chi connectivity index (χ1) is 11.5. The second-order valence-corrected chi connectivity index (χ2v) is 8.26. The molecule has 1 aromatic heterocycles. The van der Waals surface area contributed by atoms with E-state index in [0.717, 1.165) is 10.7 Å². The first kappa shape index (κ1) is 17.0. The van der Waals surface area contributed by atoms with Gasteiger partial charge < -0.3 is 9.88 Å². The lowest BCUT2D eigenvalue weighted by Gasteiger charge is -2.17. The van der Waals surface area contributed by atoms with E-state index in [4.69, 9.17) is 0 Å². The number of carbonyl (C=O) groups excluding carboxylic acids is 1. The minimum absolute atomic E-state index is 0.0393. The first-order valence-corrected chi connectivity index (χ1v) is 9.95. The monoisotopic (exact) mass is 366 g/mol. The van der Waals surface area contributed by atoms with Gasteiger partial charge in [-0.05, 0) is 30.2 Å². The molecule has 7 nitrogen and oxygen atoms in total. The van der Waals surface area contributed by atoms with Crippen LogP contribution in [0.2, 0.25) is 0 Å². The molecule has 24 heavy (non-hydrogen) atoms. The zero-order chi connectivity index (χ0) is 17.2. The quantitative estimate of drug-likeness (QED) is 0.595. The summed E-state index contributed by atoms with van der Waals surface area (Å²) in [7, 11) is -1.67. The number of carbonyl (C=O) groups is 1. The van der Waals surface area contributed by atoms with Gasteiger partial charge in [-0.3, -0.25) is 4.79 Å². The summed E-state index contributed by atoms with van der Waals surface area (Å²) in [5.74, 6) is 0.549. The van der Waals surface area contributed by atoms with Crippen LogP contribution in [0.25, 0.3) is 0 Å². The Morgan fingerprint density at radius 3 is 2.96 bits per heavy atom. The van der Waals surface area contributed by atoms with Crippen LogP contribution in [0.1, 0.15) is 12.0 Å². The number of hydrogen-bond donors (Lipinski definition) is 2. The maximum Gasteiger partial charge on any atom is 0.240 e. The highest BCUT2D eigenvalue weighted by Gasteiger charge is 2.19. The summed E-state index contributed by atoms with van der Waals surface area (Å²) in [5, 5.41) is 3.59. The molecule has 3 rings (SSSR count). The molecule has 1 aromatic carbocycles. The van der Waals surface area contributed by atoms with Gasteiger partial charge in [0.05, 0.1) is 4.90 Å². The van der Waals surface area contributed by atoms with Crippen molar-refractivity contribution in [2.24, 2.45) is 7.05 Å². The molecule has 9 heteroatoms. The number of nitrogens with one attached hydrogen (secondary N) is 2. The topological polar surface area (TPSA) is 93.1 Å². The third-order valence-corrected chi connectivity index (χ3v) is 6.20. The fraction of sp³-hybridized carbons (Fsp3) is 0.333. The summed E-state index contributed by atoms with van der Waals surface area (Å²) in [6, 6.07) is 4.78. The van der Waals surface area contributed by atoms with Gasteiger partial charge >= 0.3 is 0 Å². The smallest absolute Gasteiger partial charge is 0.240 e. The van der Waals surface area contributed by atoms with E-state index in [2.05, 4.69) is 15.0 Å². The lowest BCUT2D eigenvalue weighted by molar-refractivity contribution is -0.116. The molecule has 0 spiro atoms. The Morgan fingerprint density at radius 2 is 2.21 bits per heavy atom. The van der Waals surface area contributed by atoms with Crippen LogP contribution >= 0.6 is 11.8 Å². The van der Waals surface area contributed by atoms with Crippen LogP contribution in [0.15, 0.2) is 40.6 Å². The summed E-state index contributed by atoms with van der Waals surface area (Å²) in [5.41, 5.74) is 1.54. The molecule has 2 aromatic rings. The lowest BCUT2D eigenvalue weighted by atomic mass is 10.0. The second kappa shape index (κ2) is 6.96.